The molecule has 0 heterocycles. The minimum atomic E-state index is -0.676. The van der Waals surface area contributed by atoms with Crippen molar-refractivity contribution in [1.29, 1.82) is 0 Å². The zero-order valence-electron chi connectivity index (χ0n) is 46.7. The lowest BCUT2D eigenvalue weighted by atomic mass is 9.47. The first-order valence-electron chi connectivity index (χ1n) is 27.7. The molecule has 0 aromatic rings. The van der Waals surface area contributed by atoms with Gasteiger partial charge in [-0.3, -0.25) is 9.59 Å². The number of carbonyl (C=O) groups is 5. The second kappa shape index (κ2) is 25.9. The number of esters is 1. The monoisotopic (exact) mass is 985 g/mol. The minimum Gasteiger partial charge on any atom is -0.462 e. The molecular formula is C57H100N4O9. The van der Waals surface area contributed by atoms with Crippen molar-refractivity contribution in [2.45, 2.75) is 235 Å². The van der Waals surface area contributed by atoms with E-state index in [1.807, 2.05) is 41.5 Å². The lowest BCUT2D eigenvalue weighted by Crippen LogP contribution is -2.51. The number of carbonyl (C=O) groups excluding carboxylic acids is 5. The zero-order valence-corrected chi connectivity index (χ0v) is 46.7. The Balaban J connectivity index is 1.28. The van der Waals surface area contributed by atoms with Crippen LogP contribution in [0.3, 0.4) is 0 Å². The Morgan fingerprint density at radius 3 is 1.81 bits per heavy atom. The fourth-order valence-electron chi connectivity index (χ4n) is 12.7. The maximum absolute atomic E-state index is 13.8. The molecule has 4 aliphatic carbocycles. The van der Waals surface area contributed by atoms with Gasteiger partial charge in [-0.1, -0.05) is 65.5 Å². The maximum atomic E-state index is 13.8. The summed E-state index contributed by atoms with van der Waals surface area (Å²) in [6.07, 6.45) is 17.5. The molecule has 0 aromatic carbocycles. The Morgan fingerprint density at radius 1 is 0.657 bits per heavy atom. The number of unbranched alkanes of at least 4 members (excludes halogenated alkanes) is 1. The molecule has 4 aliphatic rings. The summed E-state index contributed by atoms with van der Waals surface area (Å²) >= 11 is 0. The highest BCUT2D eigenvalue weighted by Crippen LogP contribution is 2.67. The van der Waals surface area contributed by atoms with Gasteiger partial charge in [-0.05, 0) is 186 Å². The molecule has 3 saturated carbocycles. The Kier molecular flexibility index (Phi) is 21.9. The molecule has 0 spiro atoms. The van der Waals surface area contributed by atoms with Crippen molar-refractivity contribution >= 4 is 30.2 Å². The van der Waals surface area contributed by atoms with Crippen molar-refractivity contribution < 1.29 is 42.9 Å². The molecule has 4 rings (SSSR count). The highest BCUT2D eigenvalue weighted by Gasteiger charge is 2.59. The summed E-state index contributed by atoms with van der Waals surface area (Å²) < 4.78 is 22.6. The van der Waals surface area contributed by atoms with Crippen molar-refractivity contribution in [1.82, 2.24) is 20.4 Å². The van der Waals surface area contributed by atoms with Crippen LogP contribution in [0.1, 0.15) is 213 Å². The average Bonchev–Trinajstić information content (AvgIpc) is 3.59. The van der Waals surface area contributed by atoms with E-state index < -0.39 is 35.1 Å². The van der Waals surface area contributed by atoms with E-state index in [4.69, 9.17) is 18.9 Å². The Hall–Kier alpha value is -3.51. The van der Waals surface area contributed by atoms with Gasteiger partial charge in [0.1, 0.15) is 22.9 Å². The van der Waals surface area contributed by atoms with Crippen molar-refractivity contribution in [2.24, 2.45) is 46.3 Å². The van der Waals surface area contributed by atoms with Crippen molar-refractivity contribution in [3.63, 3.8) is 0 Å². The first kappa shape index (κ1) is 59.1. The Labute approximate surface area is 424 Å². The largest absolute Gasteiger partial charge is 0.462 e. The summed E-state index contributed by atoms with van der Waals surface area (Å²) in [5, 5.41) is 5.53. The SMILES string of the molecule is CC(C)CCC[C@@H](C)[C@H]1CC[C@H]2[C@@H]3CC=C4C[C@@H](OC(=O)CCCC(=O)N(CCCCN(CCCNC(=O)OC(C)(C)C)C(=O)OC(C)(C)C)CCCNC(=O)OC(C)(C)C)CC[C@]4(C)[C@H]3CC[C@]12C. The molecule has 0 bridgehead atoms. The average molecular weight is 985 g/mol. The first-order valence-corrected chi connectivity index (χ1v) is 27.7. The summed E-state index contributed by atoms with van der Waals surface area (Å²) in [4.78, 5) is 68.2. The third kappa shape index (κ3) is 18.5. The number of rotatable bonds is 23. The number of alkyl carbamates (subject to hydrolysis) is 2. The van der Waals surface area contributed by atoms with E-state index in [0.29, 0.717) is 82.7 Å². The molecule has 13 heteroatoms. The molecule has 0 aromatic heterocycles. The van der Waals surface area contributed by atoms with Crippen LogP contribution in [0.2, 0.25) is 0 Å². The van der Waals surface area contributed by atoms with Gasteiger partial charge in [-0.15, -0.1) is 0 Å². The Bertz CT molecular complexity index is 1740. The highest BCUT2D eigenvalue weighted by atomic mass is 16.6. The van der Waals surface area contributed by atoms with E-state index >= 15 is 0 Å². The lowest BCUT2D eigenvalue weighted by Gasteiger charge is -2.58. The van der Waals surface area contributed by atoms with Crippen LogP contribution in [-0.4, -0.2) is 102 Å². The number of allylic oxidation sites excluding steroid dienone is 1. The van der Waals surface area contributed by atoms with Gasteiger partial charge < -0.3 is 39.4 Å². The van der Waals surface area contributed by atoms with Crippen LogP contribution in [0.5, 0.6) is 0 Å². The molecule has 3 fully saturated rings. The van der Waals surface area contributed by atoms with Crippen LogP contribution < -0.4 is 10.6 Å². The number of ether oxygens (including phenoxy) is 4. The standard InChI is InChI=1S/C57H100N4O9/c1-40(2)21-17-22-41(3)45-27-28-46-44-26-25-42-39-43(29-31-56(42,13)47(44)30-32-57(45,46)14)67-49(63)24-18-23-48(62)60(37-19-33-58-50(64)68-53(4,5)6)35-15-16-36-61(52(66)70-55(10,11)12)38-20-34-59-51(65)69-54(7,8)9/h25,40-41,43-47H,15-24,26-39H2,1-14H3,(H,58,64)(H,59,65)/t41-,43+,44+,45-,46+,47+,56+,57-/m1/s1. The van der Waals surface area contributed by atoms with Crippen LogP contribution in [0.15, 0.2) is 11.6 Å². The lowest BCUT2D eigenvalue weighted by molar-refractivity contribution is -0.151. The van der Waals surface area contributed by atoms with E-state index in [0.717, 1.165) is 55.3 Å². The Morgan fingerprint density at radius 2 is 1.23 bits per heavy atom. The number of hydrogen-bond donors (Lipinski definition) is 2. The molecule has 8 atom stereocenters. The van der Waals surface area contributed by atoms with E-state index in [1.165, 1.54) is 50.5 Å². The van der Waals surface area contributed by atoms with Crippen LogP contribution in [-0.2, 0) is 28.5 Å². The van der Waals surface area contributed by atoms with Crippen LogP contribution in [0.4, 0.5) is 14.4 Å². The van der Waals surface area contributed by atoms with Crippen molar-refractivity contribution in [2.75, 3.05) is 39.3 Å². The topological polar surface area (TPSA) is 153 Å². The molecule has 70 heavy (non-hydrogen) atoms. The van der Waals surface area contributed by atoms with Gasteiger partial charge in [0.2, 0.25) is 5.91 Å². The van der Waals surface area contributed by atoms with E-state index in [2.05, 4.69) is 51.3 Å². The molecule has 0 radical (unpaired) electrons. The predicted octanol–water partition coefficient (Wildman–Crippen LogP) is 12.8. The molecule has 0 unspecified atom stereocenters. The fraction of sp³-hybridized carbons (Fsp3) is 0.877. The summed E-state index contributed by atoms with van der Waals surface area (Å²) in [6, 6.07) is 0. The van der Waals surface area contributed by atoms with Gasteiger partial charge in [0.25, 0.3) is 0 Å². The molecule has 13 nitrogen and oxygen atoms in total. The summed E-state index contributed by atoms with van der Waals surface area (Å²) in [5.74, 6) is 4.42. The molecule has 0 aliphatic heterocycles. The normalized spacial score (nSPS) is 25.9. The number of hydrogen-bond acceptors (Lipinski definition) is 9. The van der Waals surface area contributed by atoms with Gasteiger partial charge in [0.15, 0.2) is 0 Å². The number of nitrogens with zero attached hydrogens (tertiary/aromatic N) is 2. The smallest absolute Gasteiger partial charge is 0.410 e. The van der Waals surface area contributed by atoms with Crippen molar-refractivity contribution in [3.05, 3.63) is 11.6 Å². The van der Waals surface area contributed by atoms with E-state index in [1.54, 1.807) is 30.6 Å². The summed E-state index contributed by atoms with van der Waals surface area (Å²) in [7, 11) is 0. The summed E-state index contributed by atoms with van der Waals surface area (Å²) in [6.45, 7) is 31.1. The van der Waals surface area contributed by atoms with Gasteiger partial charge in [-0.2, -0.15) is 0 Å². The second-order valence-corrected chi connectivity index (χ2v) is 25.6. The third-order valence-corrected chi connectivity index (χ3v) is 16.0. The number of amides is 4. The molecular weight excluding hydrogens is 885 g/mol. The summed E-state index contributed by atoms with van der Waals surface area (Å²) in [5.41, 5.74) is 0.246. The molecule has 2 N–H and O–H groups in total. The van der Waals surface area contributed by atoms with Gasteiger partial charge in [-0.25, -0.2) is 14.4 Å². The van der Waals surface area contributed by atoms with E-state index in [9.17, 15) is 24.0 Å². The zero-order chi connectivity index (χ0) is 52.1. The first-order chi connectivity index (χ1) is 32.6. The number of fused-ring (bicyclic) bond motifs is 5. The van der Waals surface area contributed by atoms with E-state index in [-0.39, 0.29) is 36.2 Å². The second-order valence-electron chi connectivity index (χ2n) is 25.6. The highest BCUT2D eigenvalue weighted by molar-refractivity contribution is 5.77. The van der Waals surface area contributed by atoms with Crippen molar-refractivity contribution in [3.8, 4) is 0 Å². The van der Waals surface area contributed by atoms with Gasteiger partial charge in [0.05, 0.1) is 0 Å². The maximum Gasteiger partial charge on any atom is 0.410 e. The van der Waals surface area contributed by atoms with Crippen LogP contribution in [0, 0.1) is 46.3 Å². The van der Waals surface area contributed by atoms with Gasteiger partial charge >= 0.3 is 24.2 Å². The minimum absolute atomic E-state index is 0.0598. The molecule has 4 amide bonds. The third-order valence-electron chi connectivity index (χ3n) is 16.0. The fourth-order valence-corrected chi connectivity index (χ4v) is 12.7. The quantitative estimate of drug-likeness (QED) is 0.0441. The molecule has 402 valence electrons. The van der Waals surface area contributed by atoms with Crippen LogP contribution in [0.25, 0.3) is 0 Å². The number of nitrogens with one attached hydrogen (secondary N) is 2. The van der Waals surface area contributed by atoms with Gasteiger partial charge in [0, 0.05) is 58.5 Å². The molecule has 0 saturated heterocycles. The van der Waals surface area contributed by atoms with Crippen LogP contribution >= 0.6 is 0 Å². The predicted molar refractivity (Wildman–Crippen MR) is 278 cm³/mol.